The summed E-state index contributed by atoms with van der Waals surface area (Å²) in [5.74, 6) is -0.275. The molecule has 7 heteroatoms. The molecule has 0 saturated heterocycles. The van der Waals surface area contributed by atoms with Gasteiger partial charge in [0.25, 0.3) is 0 Å². The summed E-state index contributed by atoms with van der Waals surface area (Å²) < 4.78 is 43.6. The molecule has 1 rings (SSSR count). The molecule has 1 atom stereocenters. The van der Waals surface area contributed by atoms with Crippen LogP contribution in [-0.4, -0.2) is 32.7 Å². The van der Waals surface area contributed by atoms with Crippen LogP contribution in [0, 0.1) is 5.41 Å². The summed E-state index contributed by atoms with van der Waals surface area (Å²) in [7, 11) is 1.56. The number of ether oxygens (including phenoxy) is 1. The molecule has 0 heterocycles. The third kappa shape index (κ3) is 6.49. The number of hydrogen-bond donors (Lipinski definition) is 2. The van der Waals surface area contributed by atoms with Crippen LogP contribution in [0.5, 0.6) is 0 Å². The Labute approximate surface area is 140 Å². The standard InChI is InChI=1S/C17H25F3N2O2/c1-16(2,3)15(22-14(23)11-21-8-9-24-4)12-6-5-7-13(10-12)17(18,19)20/h5-7,10,15,21H,8-9,11H2,1-4H3,(H,22,23). The highest BCUT2D eigenvalue weighted by Gasteiger charge is 2.33. The molecule has 0 bridgehead atoms. The minimum Gasteiger partial charge on any atom is -0.383 e. The summed E-state index contributed by atoms with van der Waals surface area (Å²) in [5, 5.41) is 5.73. The zero-order valence-corrected chi connectivity index (χ0v) is 14.5. The van der Waals surface area contributed by atoms with E-state index in [2.05, 4.69) is 10.6 Å². The molecule has 0 fully saturated rings. The smallest absolute Gasteiger partial charge is 0.383 e. The summed E-state index contributed by atoms with van der Waals surface area (Å²) in [6, 6.07) is 4.55. The van der Waals surface area contributed by atoms with Crippen molar-refractivity contribution in [3.8, 4) is 0 Å². The highest BCUT2D eigenvalue weighted by molar-refractivity contribution is 5.78. The Hall–Kier alpha value is -1.60. The first-order chi connectivity index (χ1) is 11.1. The molecule has 0 radical (unpaired) electrons. The lowest BCUT2D eigenvalue weighted by molar-refractivity contribution is -0.137. The van der Waals surface area contributed by atoms with Gasteiger partial charge in [-0.15, -0.1) is 0 Å². The van der Waals surface area contributed by atoms with Gasteiger partial charge in [-0.25, -0.2) is 0 Å². The summed E-state index contributed by atoms with van der Waals surface area (Å²) in [6.07, 6.45) is -4.41. The van der Waals surface area contributed by atoms with E-state index in [9.17, 15) is 18.0 Å². The molecule has 1 amide bonds. The number of carbonyl (C=O) groups excluding carboxylic acids is 1. The fourth-order valence-electron chi connectivity index (χ4n) is 2.28. The molecular formula is C17H25F3N2O2. The van der Waals surface area contributed by atoms with Crippen LogP contribution in [0.3, 0.4) is 0 Å². The lowest BCUT2D eigenvalue weighted by Gasteiger charge is -2.32. The number of methoxy groups -OCH3 is 1. The van der Waals surface area contributed by atoms with Crippen LogP contribution in [0.25, 0.3) is 0 Å². The predicted molar refractivity (Wildman–Crippen MR) is 86.5 cm³/mol. The van der Waals surface area contributed by atoms with Gasteiger partial charge >= 0.3 is 6.18 Å². The lowest BCUT2D eigenvalue weighted by atomic mass is 9.82. The van der Waals surface area contributed by atoms with Gasteiger partial charge in [-0.3, -0.25) is 4.79 Å². The maximum atomic E-state index is 12.9. The SMILES string of the molecule is COCCNCC(=O)NC(c1cccc(C(F)(F)F)c1)C(C)(C)C. The second-order valence-electron chi connectivity index (χ2n) is 6.66. The van der Waals surface area contributed by atoms with Crippen molar-refractivity contribution in [3.05, 3.63) is 35.4 Å². The Balaban J connectivity index is 2.89. The van der Waals surface area contributed by atoms with Crippen LogP contribution in [0.2, 0.25) is 0 Å². The quantitative estimate of drug-likeness (QED) is 0.746. The topological polar surface area (TPSA) is 50.4 Å². The van der Waals surface area contributed by atoms with Crippen LogP contribution in [0.4, 0.5) is 13.2 Å². The normalized spacial score (nSPS) is 13.6. The second kappa shape index (κ2) is 8.48. The Morgan fingerprint density at radius 2 is 1.92 bits per heavy atom. The Kier molecular flexibility index (Phi) is 7.23. The molecule has 0 spiro atoms. The van der Waals surface area contributed by atoms with Crippen LogP contribution in [0.1, 0.15) is 37.9 Å². The zero-order chi connectivity index (χ0) is 18.4. The van der Waals surface area contributed by atoms with Gasteiger partial charge in [0.15, 0.2) is 0 Å². The van der Waals surface area contributed by atoms with Gasteiger partial charge in [-0.1, -0.05) is 32.9 Å². The maximum absolute atomic E-state index is 12.9. The number of amides is 1. The van der Waals surface area contributed by atoms with Gasteiger partial charge < -0.3 is 15.4 Å². The number of nitrogens with one attached hydrogen (secondary N) is 2. The molecule has 0 saturated carbocycles. The molecule has 0 aliphatic heterocycles. The van der Waals surface area contributed by atoms with Crippen molar-refractivity contribution < 1.29 is 22.7 Å². The van der Waals surface area contributed by atoms with Crippen molar-refractivity contribution in [1.82, 2.24) is 10.6 Å². The largest absolute Gasteiger partial charge is 0.416 e. The molecule has 1 aromatic rings. The van der Waals surface area contributed by atoms with E-state index in [-0.39, 0.29) is 12.5 Å². The van der Waals surface area contributed by atoms with Gasteiger partial charge in [0, 0.05) is 13.7 Å². The van der Waals surface area contributed by atoms with Gasteiger partial charge in [-0.2, -0.15) is 13.2 Å². The van der Waals surface area contributed by atoms with E-state index in [1.54, 1.807) is 13.2 Å². The number of alkyl halides is 3. The summed E-state index contributed by atoms with van der Waals surface area (Å²) >= 11 is 0. The minimum atomic E-state index is -4.41. The Morgan fingerprint density at radius 3 is 2.46 bits per heavy atom. The molecule has 0 aromatic heterocycles. The van der Waals surface area contributed by atoms with Gasteiger partial charge in [-0.05, 0) is 23.1 Å². The number of halogens is 3. The highest BCUT2D eigenvalue weighted by Crippen LogP contribution is 2.36. The molecule has 136 valence electrons. The first-order valence-corrected chi connectivity index (χ1v) is 7.72. The van der Waals surface area contributed by atoms with E-state index >= 15 is 0 Å². The summed E-state index contributed by atoms with van der Waals surface area (Å²) in [4.78, 5) is 12.1. The molecule has 2 N–H and O–H groups in total. The van der Waals surface area contributed by atoms with E-state index < -0.39 is 23.2 Å². The maximum Gasteiger partial charge on any atom is 0.416 e. The molecule has 1 aromatic carbocycles. The highest BCUT2D eigenvalue weighted by atomic mass is 19.4. The number of benzene rings is 1. The van der Waals surface area contributed by atoms with E-state index in [0.29, 0.717) is 18.7 Å². The fourth-order valence-corrected chi connectivity index (χ4v) is 2.28. The summed E-state index contributed by atoms with van der Waals surface area (Å²) in [5.41, 5.74) is -0.726. The van der Waals surface area contributed by atoms with Crippen LogP contribution in [-0.2, 0) is 15.7 Å². The number of hydrogen-bond acceptors (Lipinski definition) is 3. The molecule has 0 aliphatic rings. The first kappa shape index (κ1) is 20.4. The van der Waals surface area contributed by atoms with Crippen molar-refractivity contribution in [2.45, 2.75) is 33.0 Å². The van der Waals surface area contributed by atoms with Crippen molar-refractivity contribution in [2.75, 3.05) is 26.8 Å². The van der Waals surface area contributed by atoms with Crippen LogP contribution < -0.4 is 10.6 Å². The van der Waals surface area contributed by atoms with Crippen LogP contribution >= 0.6 is 0 Å². The monoisotopic (exact) mass is 346 g/mol. The second-order valence-corrected chi connectivity index (χ2v) is 6.66. The number of rotatable bonds is 7. The average molecular weight is 346 g/mol. The lowest BCUT2D eigenvalue weighted by Crippen LogP contribution is -2.41. The van der Waals surface area contributed by atoms with Gasteiger partial charge in [0.05, 0.1) is 24.8 Å². The minimum absolute atomic E-state index is 0.0783. The van der Waals surface area contributed by atoms with E-state index in [4.69, 9.17) is 4.74 Å². The van der Waals surface area contributed by atoms with E-state index in [0.717, 1.165) is 12.1 Å². The molecule has 24 heavy (non-hydrogen) atoms. The third-order valence-corrected chi connectivity index (χ3v) is 3.49. The van der Waals surface area contributed by atoms with Crippen molar-refractivity contribution in [2.24, 2.45) is 5.41 Å². The van der Waals surface area contributed by atoms with Crippen LogP contribution in [0.15, 0.2) is 24.3 Å². The molecular weight excluding hydrogens is 321 g/mol. The Morgan fingerprint density at radius 1 is 1.25 bits per heavy atom. The summed E-state index contributed by atoms with van der Waals surface area (Å²) in [6.45, 7) is 6.69. The first-order valence-electron chi connectivity index (χ1n) is 7.72. The molecule has 1 unspecified atom stereocenters. The van der Waals surface area contributed by atoms with Crippen molar-refractivity contribution in [1.29, 1.82) is 0 Å². The van der Waals surface area contributed by atoms with Crippen molar-refractivity contribution in [3.63, 3.8) is 0 Å². The number of carbonyl (C=O) groups is 1. The predicted octanol–water partition coefficient (Wildman–Crippen LogP) is 3.14. The zero-order valence-electron chi connectivity index (χ0n) is 14.5. The third-order valence-electron chi connectivity index (χ3n) is 3.49. The molecule has 0 aliphatic carbocycles. The van der Waals surface area contributed by atoms with E-state index in [1.165, 1.54) is 6.07 Å². The van der Waals surface area contributed by atoms with Gasteiger partial charge in [0.1, 0.15) is 0 Å². The van der Waals surface area contributed by atoms with E-state index in [1.807, 2.05) is 20.8 Å². The Bertz CT molecular complexity index is 539. The average Bonchev–Trinajstić information content (AvgIpc) is 2.47. The molecule has 4 nitrogen and oxygen atoms in total. The fraction of sp³-hybridized carbons (Fsp3) is 0.588. The van der Waals surface area contributed by atoms with Crippen molar-refractivity contribution >= 4 is 5.91 Å². The van der Waals surface area contributed by atoms with Gasteiger partial charge in [0.2, 0.25) is 5.91 Å².